The van der Waals surface area contributed by atoms with Gasteiger partial charge in [0.15, 0.2) is 23.3 Å². The number of hydrogen-bond acceptors (Lipinski definition) is 3. The van der Waals surface area contributed by atoms with E-state index in [1.807, 2.05) is 0 Å². The van der Waals surface area contributed by atoms with Crippen LogP contribution in [0.15, 0.2) is 35.2 Å². The number of rotatable bonds is 4. The highest BCUT2D eigenvalue weighted by atomic mass is 32.2. The van der Waals surface area contributed by atoms with Crippen LogP contribution in [0.2, 0.25) is 0 Å². The monoisotopic (exact) mass is 416 g/mol. The third-order valence-electron chi connectivity index (χ3n) is 4.19. The van der Waals surface area contributed by atoms with E-state index in [1.54, 1.807) is 37.3 Å². The van der Waals surface area contributed by atoms with Crippen LogP contribution >= 0.6 is 11.8 Å². The van der Waals surface area contributed by atoms with Crippen LogP contribution in [0.5, 0.6) is 0 Å². The van der Waals surface area contributed by atoms with E-state index in [4.69, 9.17) is 0 Å². The molecule has 0 aliphatic carbocycles. The predicted molar refractivity (Wildman–Crippen MR) is 90.7 cm³/mol. The summed E-state index contributed by atoms with van der Waals surface area (Å²) in [6, 6.07) is 7.51. The maximum absolute atomic E-state index is 13.8. The molecule has 4 nitrogen and oxygen atoms in total. The second-order valence-electron chi connectivity index (χ2n) is 6.02. The molecule has 0 bridgehead atoms. The van der Waals surface area contributed by atoms with Crippen LogP contribution in [0.3, 0.4) is 0 Å². The second kappa shape index (κ2) is 7.78. The number of amides is 3. The third-order valence-corrected chi connectivity index (χ3v) is 5.43. The number of nitrogens with zero attached hydrogens (tertiary/aromatic N) is 1. The van der Waals surface area contributed by atoms with Gasteiger partial charge in [-0.3, -0.25) is 9.69 Å². The molecule has 0 aromatic heterocycles. The maximum atomic E-state index is 13.8. The second-order valence-corrected chi connectivity index (χ2v) is 7.21. The van der Waals surface area contributed by atoms with Gasteiger partial charge in [0.05, 0.1) is 17.4 Å². The van der Waals surface area contributed by atoms with Gasteiger partial charge in [0.1, 0.15) is 5.37 Å². The van der Waals surface area contributed by atoms with E-state index >= 15 is 0 Å². The average Bonchev–Trinajstić information content (AvgIpc) is 2.67. The van der Waals surface area contributed by atoms with E-state index in [0.717, 1.165) is 5.56 Å². The third kappa shape index (κ3) is 3.56. The summed E-state index contributed by atoms with van der Waals surface area (Å²) in [6.07, 6.45) is -0.280. The SMILES string of the molecule is C[C@H](NC(=O)N1C(=O)C[C@@H]1Sc1c(F)c(F)c(F)c(F)c1F)c1ccccc1. The number of likely N-dealkylation sites (tertiary alicyclic amines) is 1. The Bertz CT molecular complexity index is 912. The molecule has 10 heteroatoms. The zero-order valence-electron chi connectivity index (χ0n) is 14.3. The smallest absolute Gasteiger partial charge is 0.325 e. The highest BCUT2D eigenvalue weighted by Gasteiger charge is 2.43. The molecular formula is C18H13F5N2O2S. The summed E-state index contributed by atoms with van der Waals surface area (Å²) in [4.78, 5) is 23.7. The molecule has 0 saturated carbocycles. The van der Waals surface area contributed by atoms with Gasteiger partial charge in [0, 0.05) is 0 Å². The van der Waals surface area contributed by atoms with Gasteiger partial charge in [-0.15, -0.1) is 0 Å². The minimum absolute atomic E-state index is 0.231. The number of nitrogens with one attached hydrogen (secondary N) is 1. The molecule has 0 spiro atoms. The fourth-order valence-electron chi connectivity index (χ4n) is 2.63. The molecule has 1 saturated heterocycles. The molecule has 1 heterocycles. The fraction of sp³-hybridized carbons (Fsp3) is 0.222. The van der Waals surface area contributed by atoms with Crippen molar-refractivity contribution in [3.05, 3.63) is 65.0 Å². The first-order chi connectivity index (χ1) is 13.2. The van der Waals surface area contributed by atoms with Crippen molar-refractivity contribution in [2.24, 2.45) is 0 Å². The van der Waals surface area contributed by atoms with Crippen LogP contribution in [0.25, 0.3) is 0 Å². The number of urea groups is 1. The van der Waals surface area contributed by atoms with E-state index in [1.165, 1.54) is 0 Å². The molecule has 0 radical (unpaired) electrons. The number of benzene rings is 2. The Labute approximate surface area is 160 Å². The normalized spacial score (nSPS) is 17.3. The van der Waals surface area contributed by atoms with Crippen LogP contribution < -0.4 is 5.32 Å². The van der Waals surface area contributed by atoms with Gasteiger partial charge in [-0.05, 0) is 12.5 Å². The summed E-state index contributed by atoms with van der Waals surface area (Å²) in [6.45, 7) is 1.67. The molecule has 3 amide bonds. The molecule has 2 atom stereocenters. The van der Waals surface area contributed by atoms with Crippen LogP contribution in [0.1, 0.15) is 24.9 Å². The van der Waals surface area contributed by atoms with Crippen molar-refractivity contribution in [3.63, 3.8) is 0 Å². The van der Waals surface area contributed by atoms with Crippen molar-refractivity contribution >= 4 is 23.7 Å². The predicted octanol–water partition coefficient (Wildman–Crippen LogP) is 4.50. The van der Waals surface area contributed by atoms with E-state index < -0.39 is 57.3 Å². The van der Waals surface area contributed by atoms with Gasteiger partial charge in [0.25, 0.3) is 0 Å². The first-order valence-electron chi connectivity index (χ1n) is 8.08. The highest BCUT2D eigenvalue weighted by Crippen LogP contribution is 2.39. The quantitative estimate of drug-likeness (QED) is 0.346. The first kappa shape index (κ1) is 20.1. The van der Waals surface area contributed by atoms with Crippen LogP contribution in [0, 0.1) is 29.1 Å². The lowest BCUT2D eigenvalue weighted by atomic mass is 10.1. The maximum Gasteiger partial charge on any atom is 0.325 e. The zero-order chi connectivity index (χ0) is 20.6. The van der Waals surface area contributed by atoms with Gasteiger partial charge < -0.3 is 5.32 Å². The number of imide groups is 1. The van der Waals surface area contributed by atoms with Gasteiger partial charge in [0.2, 0.25) is 11.7 Å². The summed E-state index contributed by atoms with van der Waals surface area (Å²) >= 11 is 0.231. The zero-order valence-corrected chi connectivity index (χ0v) is 15.1. The van der Waals surface area contributed by atoms with Crippen molar-refractivity contribution in [2.75, 3.05) is 0 Å². The lowest BCUT2D eigenvalue weighted by Gasteiger charge is -2.38. The Kier molecular flexibility index (Phi) is 5.59. The van der Waals surface area contributed by atoms with E-state index in [0.29, 0.717) is 4.90 Å². The molecule has 148 valence electrons. The first-order valence-corrected chi connectivity index (χ1v) is 8.96. The fourth-order valence-corrected chi connectivity index (χ4v) is 3.83. The molecule has 1 N–H and O–H groups in total. The Morgan fingerprint density at radius 2 is 1.57 bits per heavy atom. The molecule has 0 unspecified atom stereocenters. The van der Waals surface area contributed by atoms with Gasteiger partial charge in [-0.25, -0.2) is 26.7 Å². The Morgan fingerprint density at radius 1 is 1.04 bits per heavy atom. The molecule has 2 aromatic rings. The topological polar surface area (TPSA) is 49.4 Å². The van der Waals surface area contributed by atoms with Crippen LogP contribution in [-0.4, -0.2) is 22.2 Å². The van der Waals surface area contributed by atoms with Crippen molar-refractivity contribution < 1.29 is 31.5 Å². The molecule has 1 fully saturated rings. The molecular weight excluding hydrogens is 403 g/mol. The Hall–Kier alpha value is -2.62. The van der Waals surface area contributed by atoms with E-state index in [2.05, 4.69) is 5.32 Å². The van der Waals surface area contributed by atoms with Gasteiger partial charge in [-0.2, -0.15) is 0 Å². The largest absolute Gasteiger partial charge is 0.331 e. The molecule has 2 aromatic carbocycles. The number of carbonyl (C=O) groups is 2. The Morgan fingerprint density at radius 3 is 2.11 bits per heavy atom. The van der Waals surface area contributed by atoms with Gasteiger partial charge in [-0.1, -0.05) is 42.1 Å². The minimum atomic E-state index is -2.27. The number of carbonyl (C=O) groups excluding carboxylic acids is 2. The number of thioether (sulfide) groups is 1. The minimum Gasteiger partial charge on any atom is -0.331 e. The van der Waals surface area contributed by atoms with Crippen molar-refractivity contribution in [3.8, 4) is 0 Å². The lowest BCUT2D eigenvalue weighted by molar-refractivity contribution is -0.137. The molecule has 1 aliphatic rings. The van der Waals surface area contributed by atoms with E-state index in [-0.39, 0.29) is 18.2 Å². The summed E-state index contributed by atoms with van der Waals surface area (Å²) in [5, 5.41) is 1.47. The van der Waals surface area contributed by atoms with E-state index in [9.17, 15) is 31.5 Å². The number of hydrogen-bond donors (Lipinski definition) is 1. The molecule has 28 heavy (non-hydrogen) atoms. The number of β-lactam (4-membered cyclic amide) rings is 1. The molecule has 1 aliphatic heterocycles. The van der Waals surface area contributed by atoms with Crippen molar-refractivity contribution in [1.29, 1.82) is 0 Å². The van der Waals surface area contributed by atoms with Crippen LogP contribution in [-0.2, 0) is 4.79 Å². The van der Waals surface area contributed by atoms with Crippen molar-refractivity contribution in [2.45, 2.75) is 29.7 Å². The summed E-state index contributed by atoms with van der Waals surface area (Å²) in [5.74, 6) is -11.1. The molecule has 3 rings (SSSR count). The summed E-state index contributed by atoms with van der Waals surface area (Å²) in [5.41, 5.74) is 0.757. The standard InChI is InChI=1S/C18H13F5N2O2S/c1-8(9-5-3-2-4-6-9)24-18(27)25-10(26)7-11(25)28-17-15(22)13(20)12(19)14(21)16(17)23/h2-6,8,11H,7H2,1H3,(H,24,27)/t8-,11-/m0/s1. The van der Waals surface area contributed by atoms with Crippen molar-refractivity contribution in [1.82, 2.24) is 10.2 Å². The lowest BCUT2D eigenvalue weighted by Crippen LogP contribution is -2.57. The summed E-state index contributed by atoms with van der Waals surface area (Å²) in [7, 11) is 0. The average molecular weight is 416 g/mol. The highest BCUT2D eigenvalue weighted by molar-refractivity contribution is 8.00. The number of halogens is 5. The van der Waals surface area contributed by atoms with Gasteiger partial charge >= 0.3 is 6.03 Å². The Balaban J connectivity index is 1.76. The van der Waals surface area contributed by atoms with Crippen LogP contribution in [0.4, 0.5) is 26.7 Å². The summed E-state index contributed by atoms with van der Waals surface area (Å²) < 4.78 is 67.5.